The van der Waals surface area contributed by atoms with Gasteiger partial charge in [0.05, 0.1) is 7.11 Å². The normalized spacial score (nSPS) is 24.4. The molecule has 3 unspecified atom stereocenters. The first kappa shape index (κ1) is 12.2. The molecule has 3 heteroatoms. The SMILES string of the molecule is COc1cc(C(C)NCC2CC2C)ccc1O. The summed E-state index contributed by atoms with van der Waals surface area (Å²) < 4.78 is 5.11. The van der Waals surface area contributed by atoms with E-state index in [0.29, 0.717) is 5.75 Å². The first-order chi connectivity index (χ1) is 8.11. The zero-order valence-electron chi connectivity index (χ0n) is 10.7. The minimum Gasteiger partial charge on any atom is -0.504 e. The van der Waals surface area contributed by atoms with Gasteiger partial charge in [-0.05, 0) is 49.4 Å². The Bertz CT molecular complexity index is 392. The molecule has 1 aliphatic rings. The average Bonchev–Trinajstić information content (AvgIpc) is 3.03. The molecule has 0 aliphatic heterocycles. The lowest BCUT2D eigenvalue weighted by molar-refractivity contribution is 0.372. The number of hydrogen-bond donors (Lipinski definition) is 2. The molecule has 0 aromatic heterocycles. The van der Waals surface area contributed by atoms with E-state index < -0.39 is 0 Å². The molecule has 0 bridgehead atoms. The summed E-state index contributed by atoms with van der Waals surface area (Å²) in [5.74, 6) is 2.45. The van der Waals surface area contributed by atoms with Crippen LogP contribution in [0.3, 0.4) is 0 Å². The van der Waals surface area contributed by atoms with Gasteiger partial charge in [-0.2, -0.15) is 0 Å². The van der Waals surface area contributed by atoms with Crippen LogP contribution in [-0.2, 0) is 0 Å². The van der Waals surface area contributed by atoms with Crippen LogP contribution in [0.5, 0.6) is 11.5 Å². The summed E-state index contributed by atoms with van der Waals surface area (Å²) in [6, 6.07) is 5.80. The van der Waals surface area contributed by atoms with Gasteiger partial charge in [0, 0.05) is 6.04 Å². The fraction of sp³-hybridized carbons (Fsp3) is 0.571. The predicted octanol–water partition coefficient (Wildman–Crippen LogP) is 2.71. The number of nitrogens with one attached hydrogen (secondary N) is 1. The molecule has 2 rings (SSSR count). The fourth-order valence-electron chi connectivity index (χ4n) is 2.09. The largest absolute Gasteiger partial charge is 0.504 e. The maximum Gasteiger partial charge on any atom is 0.160 e. The van der Waals surface area contributed by atoms with Gasteiger partial charge in [-0.3, -0.25) is 0 Å². The molecule has 0 amide bonds. The second kappa shape index (κ2) is 4.96. The lowest BCUT2D eigenvalue weighted by atomic mass is 10.1. The van der Waals surface area contributed by atoms with Crippen molar-refractivity contribution in [1.82, 2.24) is 5.32 Å². The van der Waals surface area contributed by atoms with E-state index >= 15 is 0 Å². The smallest absolute Gasteiger partial charge is 0.160 e. The molecule has 0 saturated heterocycles. The summed E-state index contributed by atoms with van der Waals surface area (Å²) in [6.07, 6.45) is 1.35. The lowest BCUT2D eigenvalue weighted by Crippen LogP contribution is -2.21. The van der Waals surface area contributed by atoms with Crippen LogP contribution in [0.25, 0.3) is 0 Å². The fourth-order valence-corrected chi connectivity index (χ4v) is 2.09. The first-order valence-electron chi connectivity index (χ1n) is 6.22. The third-order valence-electron chi connectivity index (χ3n) is 3.67. The highest BCUT2D eigenvalue weighted by atomic mass is 16.5. The number of hydrogen-bond acceptors (Lipinski definition) is 3. The van der Waals surface area contributed by atoms with Crippen LogP contribution in [0.1, 0.15) is 31.9 Å². The van der Waals surface area contributed by atoms with Crippen molar-refractivity contribution >= 4 is 0 Å². The minimum atomic E-state index is 0.194. The Morgan fingerprint density at radius 3 is 2.82 bits per heavy atom. The molecule has 3 nitrogen and oxygen atoms in total. The van der Waals surface area contributed by atoms with Crippen LogP contribution in [0, 0.1) is 11.8 Å². The van der Waals surface area contributed by atoms with Gasteiger partial charge in [0.2, 0.25) is 0 Å². The molecule has 94 valence electrons. The number of methoxy groups -OCH3 is 1. The maximum absolute atomic E-state index is 9.53. The molecule has 1 aliphatic carbocycles. The molecular weight excluding hydrogens is 214 g/mol. The molecule has 1 aromatic carbocycles. The number of phenols is 1. The highest BCUT2D eigenvalue weighted by molar-refractivity contribution is 5.42. The Morgan fingerprint density at radius 2 is 2.24 bits per heavy atom. The monoisotopic (exact) mass is 235 g/mol. The van der Waals surface area contributed by atoms with Gasteiger partial charge in [0.25, 0.3) is 0 Å². The Hall–Kier alpha value is -1.22. The summed E-state index contributed by atoms with van der Waals surface area (Å²) in [7, 11) is 1.57. The van der Waals surface area contributed by atoms with Crippen molar-refractivity contribution in [3.8, 4) is 11.5 Å². The van der Waals surface area contributed by atoms with Crippen molar-refractivity contribution in [2.75, 3.05) is 13.7 Å². The van der Waals surface area contributed by atoms with Gasteiger partial charge in [0.15, 0.2) is 11.5 Å². The number of benzene rings is 1. The van der Waals surface area contributed by atoms with Gasteiger partial charge < -0.3 is 15.2 Å². The average molecular weight is 235 g/mol. The Kier molecular flexibility index (Phi) is 3.57. The van der Waals surface area contributed by atoms with Crippen LogP contribution in [0.2, 0.25) is 0 Å². The topological polar surface area (TPSA) is 41.5 Å². The zero-order valence-corrected chi connectivity index (χ0v) is 10.7. The highest BCUT2D eigenvalue weighted by Gasteiger charge is 2.32. The molecule has 0 heterocycles. The summed E-state index contributed by atoms with van der Waals surface area (Å²) in [6.45, 7) is 5.50. The van der Waals surface area contributed by atoms with E-state index in [0.717, 1.165) is 23.9 Å². The van der Waals surface area contributed by atoms with Crippen LogP contribution < -0.4 is 10.1 Å². The highest BCUT2D eigenvalue weighted by Crippen LogP contribution is 2.37. The third kappa shape index (κ3) is 2.91. The van der Waals surface area contributed by atoms with Crippen molar-refractivity contribution in [2.24, 2.45) is 11.8 Å². The second-order valence-corrected chi connectivity index (χ2v) is 5.03. The number of rotatable bonds is 5. The summed E-state index contributed by atoms with van der Waals surface area (Å²) >= 11 is 0. The van der Waals surface area contributed by atoms with E-state index in [1.807, 2.05) is 12.1 Å². The van der Waals surface area contributed by atoms with Gasteiger partial charge in [-0.25, -0.2) is 0 Å². The van der Waals surface area contributed by atoms with Crippen molar-refractivity contribution in [3.05, 3.63) is 23.8 Å². The summed E-state index contributed by atoms with van der Waals surface area (Å²) in [5, 5.41) is 13.1. The first-order valence-corrected chi connectivity index (χ1v) is 6.22. The zero-order chi connectivity index (χ0) is 12.4. The van der Waals surface area contributed by atoms with Gasteiger partial charge in [-0.15, -0.1) is 0 Å². The number of ether oxygens (including phenoxy) is 1. The molecule has 1 fully saturated rings. The Morgan fingerprint density at radius 1 is 1.53 bits per heavy atom. The molecule has 2 N–H and O–H groups in total. The van der Waals surface area contributed by atoms with Crippen molar-refractivity contribution in [3.63, 3.8) is 0 Å². The van der Waals surface area contributed by atoms with E-state index in [2.05, 4.69) is 19.2 Å². The second-order valence-electron chi connectivity index (χ2n) is 5.03. The van der Waals surface area contributed by atoms with Crippen LogP contribution in [0.15, 0.2) is 18.2 Å². The predicted molar refractivity (Wildman–Crippen MR) is 68.3 cm³/mol. The van der Waals surface area contributed by atoms with Crippen LogP contribution in [0.4, 0.5) is 0 Å². The molecule has 1 saturated carbocycles. The molecule has 3 atom stereocenters. The standard InChI is InChI=1S/C14H21NO2/c1-9-6-12(9)8-15-10(2)11-4-5-13(16)14(7-11)17-3/h4-5,7,9-10,12,15-16H,6,8H2,1-3H3. The van der Waals surface area contributed by atoms with Crippen LogP contribution >= 0.6 is 0 Å². The van der Waals surface area contributed by atoms with Gasteiger partial charge >= 0.3 is 0 Å². The Labute approximate surface area is 103 Å². The van der Waals surface area contributed by atoms with E-state index in [1.165, 1.54) is 6.42 Å². The molecule has 0 radical (unpaired) electrons. The van der Waals surface area contributed by atoms with E-state index in [-0.39, 0.29) is 11.8 Å². The van der Waals surface area contributed by atoms with Gasteiger partial charge in [0.1, 0.15) is 0 Å². The lowest BCUT2D eigenvalue weighted by Gasteiger charge is -2.15. The Balaban J connectivity index is 1.95. The van der Waals surface area contributed by atoms with Crippen molar-refractivity contribution in [2.45, 2.75) is 26.3 Å². The number of aromatic hydroxyl groups is 1. The van der Waals surface area contributed by atoms with E-state index in [4.69, 9.17) is 4.74 Å². The summed E-state index contributed by atoms with van der Waals surface area (Å²) in [4.78, 5) is 0. The minimum absolute atomic E-state index is 0.194. The quantitative estimate of drug-likeness (QED) is 0.824. The van der Waals surface area contributed by atoms with Crippen molar-refractivity contribution < 1.29 is 9.84 Å². The van der Waals surface area contributed by atoms with E-state index in [1.54, 1.807) is 13.2 Å². The molecule has 17 heavy (non-hydrogen) atoms. The van der Waals surface area contributed by atoms with Crippen LogP contribution in [-0.4, -0.2) is 18.8 Å². The van der Waals surface area contributed by atoms with Gasteiger partial charge in [-0.1, -0.05) is 13.0 Å². The molecular formula is C14H21NO2. The number of phenolic OH excluding ortho intramolecular Hbond substituents is 1. The molecule has 0 spiro atoms. The third-order valence-corrected chi connectivity index (χ3v) is 3.67. The summed E-state index contributed by atoms with van der Waals surface area (Å²) in [5.41, 5.74) is 1.15. The molecule has 1 aromatic rings. The van der Waals surface area contributed by atoms with E-state index in [9.17, 15) is 5.11 Å². The van der Waals surface area contributed by atoms with Crippen molar-refractivity contribution in [1.29, 1.82) is 0 Å². The maximum atomic E-state index is 9.53.